The van der Waals surface area contributed by atoms with Crippen molar-refractivity contribution in [1.29, 1.82) is 0 Å². The molecule has 0 spiro atoms. The summed E-state index contributed by atoms with van der Waals surface area (Å²) in [6.07, 6.45) is 12.2. The molecule has 0 aliphatic heterocycles. The average Bonchev–Trinajstić information content (AvgIpc) is 3.12. The summed E-state index contributed by atoms with van der Waals surface area (Å²) in [5.74, 6) is 0. The van der Waals surface area contributed by atoms with Crippen LogP contribution in [-0.2, 0) is 13.0 Å². The molecule has 3 aromatic rings. The minimum atomic E-state index is 0.397. The number of hydrogen-bond donors (Lipinski definition) is 0. The van der Waals surface area contributed by atoms with Crippen LogP contribution in [0.3, 0.4) is 0 Å². The number of imidazole rings is 1. The summed E-state index contributed by atoms with van der Waals surface area (Å²) in [7, 11) is 4.30. The molecule has 3 heterocycles. The molecule has 0 N–H and O–H groups in total. The first-order chi connectivity index (χ1) is 13.7. The molecule has 1 atom stereocenters. The van der Waals surface area contributed by atoms with E-state index in [1.807, 2.05) is 12.3 Å². The highest BCUT2D eigenvalue weighted by Crippen LogP contribution is 2.33. The van der Waals surface area contributed by atoms with Crippen LogP contribution in [-0.4, -0.2) is 51.4 Å². The van der Waals surface area contributed by atoms with Crippen LogP contribution in [0.25, 0.3) is 5.65 Å². The summed E-state index contributed by atoms with van der Waals surface area (Å²) in [5.41, 5.74) is 4.87. The summed E-state index contributed by atoms with van der Waals surface area (Å²) in [6.45, 7) is 3.11. The number of unbranched alkanes of at least 4 members (excludes halogenated alkanes) is 1. The summed E-state index contributed by atoms with van der Waals surface area (Å²) >= 11 is 0. The molecule has 1 aliphatic carbocycles. The van der Waals surface area contributed by atoms with Crippen molar-refractivity contribution in [1.82, 2.24) is 24.2 Å². The third-order valence-corrected chi connectivity index (χ3v) is 5.69. The van der Waals surface area contributed by atoms with Gasteiger partial charge in [-0.3, -0.25) is 9.88 Å². The van der Waals surface area contributed by atoms with Crippen LogP contribution in [0.5, 0.6) is 0 Å². The molecule has 28 heavy (non-hydrogen) atoms. The second-order valence-corrected chi connectivity index (χ2v) is 8.13. The lowest BCUT2D eigenvalue weighted by molar-refractivity contribution is 0.159. The van der Waals surface area contributed by atoms with Crippen molar-refractivity contribution in [3.05, 3.63) is 65.9 Å². The van der Waals surface area contributed by atoms with E-state index in [1.54, 1.807) is 0 Å². The number of fused-ring (bicyclic) bond motifs is 2. The van der Waals surface area contributed by atoms with Crippen LogP contribution in [0.1, 0.15) is 48.7 Å². The minimum absolute atomic E-state index is 0.397. The van der Waals surface area contributed by atoms with Crippen LogP contribution in [0.4, 0.5) is 0 Å². The van der Waals surface area contributed by atoms with E-state index in [0.717, 1.165) is 37.4 Å². The Balaban J connectivity index is 1.55. The zero-order valence-corrected chi connectivity index (χ0v) is 17.1. The third kappa shape index (κ3) is 4.42. The Kier molecular flexibility index (Phi) is 6.03. The van der Waals surface area contributed by atoms with Gasteiger partial charge in [-0.25, -0.2) is 4.98 Å². The second-order valence-electron chi connectivity index (χ2n) is 8.13. The Labute approximate surface area is 168 Å². The van der Waals surface area contributed by atoms with E-state index in [-0.39, 0.29) is 0 Å². The number of aryl methyl sites for hydroxylation is 1. The van der Waals surface area contributed by atoms with Gasteiger partial charge in [0.05, 0.1) is 17.4 Å². The highest BCUT2D eigenvalue weighted by atomic mass is 15.2. The number of aromatic nitrogens is 3. The fourth-order valence-electron chi connectivity index (χ4n) is 4.30. The van der Waals surface area contributed by atoms with E-state index >= 15 is 0 Å². The summed E-state index contributed by atoms with van der Waals surface area (Å²) in [4.78, 5) is 14.5. The highest BCUT2D eigenvalue weighted by molar-refractivity contribution is 5.39. The Morgan fingerprint density at radius 3 is 2.86 bits per heavy atom. The Morgan fingerprint density at radius 2 is 2.00 bits per heavy atom. The van der Waals surface area contributed by atoms with Crippen molar-refractivity contribution in [2.75, 3.05) is 27.2 Å². The maximum atomic E-state index is 4.85. The number of rotatable bonds is 8. The van der Waals surface area contributed by atoms with Gasteiger partial charge in [-0.15, -0.1) is 0 Å². The molecule has 0 saturated carbocycles. The molecule has 0 bridgehead atoms. The summed E-state index contributed by atoms with van der Waals surface area (Å²) < 4.78 is 2.12. The molecule has 0 fully saturated rings. The van der Waals surface area contributed by atoms with E-state index in [0.29, 0.717) is 6.04 Å². The molecule has 0 saturated heterocycles. The van der Waals surface area contributed by atoms with Gasteiger partial charge in [0, 0.05) is 25.1 Å². The third-order valence-electron chi connectivity index (χ3n) is 5.69. The highest BCUT2D eigenvalue weighted by Gasteiger charge is 2.27. The topological polar surface area (TPSA) is 36.7 Å². The van der Waals surface area contributed by atoms with Gasteiger partial charge in [0.2, 0.25) is 0 Å². The van der Waals surface area contributed by atoms with Crippen molar-refractivity contribution in [3.8, 4) is 0 Å². The van der Waals surface area contributed by atoms with Gasteiger partial charge in [-0.2, -0.15) is 0 Å². The lowest BCUT2D eigenvalue weighted by Gasteiger charge is -2.34. The second kappa shape index (κ2) is 8.84. The van der Waals surface area contributed by atoms with E-state index < -0.39 is 0 Å². The number of nitrogens with zero attached hydrogens (tertiary/aromatic N) is 5. The molecule has 0 amide bonds. The Morgan fingerprint density at radius 1 is 1.11 bits per heavy atom. The average molecular weight is 378 g/mol. The SMILES string of the molecule is CN(C)CCCCN(Cc1cn2ccccc2n1)C1CCCc2cccnc21. The van der Waals surface area contributed by atoms with Crippen LogP contribution in [0.2, 0.25) is 0 Å². The van der Waals surface area contributed by atoms with Gasteiger partial charge in [-0.1, -0.05) is 12.1 Å². The molecule has 5 nitrogen and oxygen atoms in total. The molecule has 0 radical (unpaired) electrons. The first kappa shape index (κ1) is 19.1. The predicted molar refractivity (Wildman–Crippen MR) is 113 cm³/mol. The van der Waals surface area contributed by atoms with Crippen molar-refractivity contribution >= 4 is 5.65 Å². The molecule has 1 aliphatic rings. The maximum absolute atomic E-state index is 4.85. The Hall–Kier alpha value is -2.24. The van der Waals surface area contributed by atoms with Gasteiger partial charge < -0.3 is 9.30 Å². The largest absolute Gasteiger partial charge is 0.309 e. The van der Waals surface area contributed by atoms with Gasteiger partial charge >= 0.3 is 0 Å². The maximum Gasteiger partial charge on any atom is 0.137 e. The number of pyridine rings is 2. The molecule has 4 rings (SSSR count). The van der Waals surface area contributed by atoms with Crippen LogP contribution >= 0.6 is 0 Å². The van der Waals surface area contributed by atoms with E-state index in [1.165, 1.54) is 36.9 Å². The van der Waals surface area contributed by atoms with Gasteiger partial charge in [-0.05, 0) is 83.1 Å². The smallest absolute Gasteiger partial charge is 0.137 e. The predicted octanol–water partition coefficient (Wildman–Crippen LogP) is 3.95. The van der Waals surface area contributed by atoms with Crippen LogP contribution in [0, 0.1) is 0 Å². The molecule has 1 unspecified atom stereocenters. The zero-order chi connectivity index (χ0) is 19.3. The molecule has 0 aromatic carbocycles. The van der Waals surface area contributed by atoms with Crippen LogP contribution in [0.15, 0.2) is 48.9 Å². The van der Waals surface area contributed by atoms with E-state index in [4.69, 9.17) is 9.97 Å². The Bertz CT molecular complexity index is 868. The van der Waals surface area contributed by atoms with E-state index in [9.17, 15) is 0 Å². The molecular formula is C23H31N5. The first-order valence-electron chi connectivity index (χ1n) is 10.5. The fourth-order valence-corrected chi connectivity index (χ4v) is 4.30. The van der Waals surface area contributed by atoms with Gasteiger partial charge in [0.1, 0.15) is 5.65 Å². The summed E-state index contributed by atoms with van der Waals surface area (Å²) in [6, 6.07) is 10.9. The van der Waals surface area contributed by atoms with E-state index in [2.05, 4.69) is 65.0 Å². The van der Waals surface area contributed by atoms with Gasteiger partial charge in [0.25, 0.3) is 0 Å². The van der Waals surface area contributed by atoms with Gasteiger partial charge in [0.15, 0.2) is 0 Å². The quantitative estimate of drug-likeness (QED) is 0.557. The molecule has 5 heteroatoms. The lowest BCUT2D eigenvalue weighted by atomic mass is 9.90. The van der Waals surface area contributed by atoms with Crippen molar-refractivity contribution in [2.24, 2.45) is 0 Å². The monoisotopic (exact) mass is 377 g/mol. The van der Waals surface area contributed by atoms with Crippen LogP contribution < -0.4 is 0 Å². The van der Waals surface area contributed by atoms with Crippen molar-refractivity contribution in [3.63, 3.8) is 0 Å². The standard InChI is InChI=1S/C23H31N5/c1-26(2)14-5-6-15-27(17-20-18-28-16-4-3-12-22(28)25-20)21-11-7-9-19-10-8-13-24-23(19)21/h3-4,8,10,12-13,16,18,21H,5-7,9,11,14-15,17H2,1-2H3. The first-order valence-corrected chi connectivity index (χ1v) is 10.5. The number of hydrogen-bond acceptors (Lipinski definition) is 4. The van der Waals surface area contributed by atoms with Crippen molar-refractivity contribution in [2.45, 2.75) is 44.7 Å². The lowest BCUT2D eigenvalue weighted by Crippen LogP contribution is -2.33. The normalized spacial score (nSPS) is 16.8. The zero-order valence-electron chi connectivity index (χ0n) is 17.1. The molecular weight excluding hydrogens is 346 g/mol. The fraction of sp³-hybridized carbons (Fsp3) is 0.478. The minimum Gasteiger partial charge on any atom is -0.309 e. The van der Waals surface area contributed by atoms with Crippen molar-refractivity contribution < 1.29 is 0 Å². The molecule has 3 aromatic heterocycles. The summed E-state index contributed by atoms with van der Waals surface area (Å²) in [5, 5.41) is 0. The molecule has 148 valence electrons.